The van der Waals surface area contributed by atoms with E-state index < -0.39 is 5.60 Å². The molecule has 4 heteroatoms. The van der Waals surface area contributed by atoms with Gasteiger partial charge < -0.3 is 5.11 Å². The summed E-state index contributed by atoms with van der Waals surface area (Å²) in [5.41, 5.74) is 0.0762. The molecular formula is C14H17NO3. The van der Waals surface area contributed by atoms with Crippen molar-refractivity contribution in [1.82, 2.24) is 4.90 Å². The van der Waals surface area contributed by atoms with Gasteiger partial charge in [0.1, 0.15) is 0 Å². The number of carbonyl (C=O) groups excluding carboxylic acids is 2. The lowest BCUT2D eigenvalue weighted by Gasteiger charge is -2.24. The minimum atomic E-state index is -0.838. The average Bonchev–Trinajstić information content (AvgIpc) is 2.61. The number of nitrogens with zero attached hydrogens (tertiary/aromatic N) is 1. The molecule has 96 valence electrons. The Morgan fingerprint density at radius 1 is 1.17 bits per heavy atom. The average molecular weight is 247 g/mol. The Kier molecular flexibility index (Phi) is 3.22. The van der Waals surface area contributed by atoms with Crippen LogP contribution in [0.4, 0.5) is 0 Å². The maximum Gasteiger partial charge on any atom is 0.261 e. The smallest absolute Gasteiger partial charge is 0.261 e. The van der Waals surface area contributed by atoms with Crippen molar-refractivity contribution in [3.63, 3.8) is 0 Å². The number of imide groups is 1. The van der Waals surface area contributed by atoms with Gasteiger partial charge in [-0.05, 0) is 31.9 Å². The maximum absolute atomic E-state index is 12.0. The molecule has 2 rings (SSSR count). The lowest BCUT2D eigenvalue weighted by Crippen LogP contribution is -2.36. The Labute approximate surface area is 106 Å². The molecule has 0 saturated carbocycles. The van der Waals surface area contributed by atoms with Crippen molar-refractivity contribution in [1.29, 1.82) is 0 Å². The van der Waals surface area contributed by atoms with Crippen LogP contribution in [0.3, 0.4) is 0 Å². The molecule has 18 heavy (non-hydrogen) atoms. The van der Waals surface area contributed by atoms with E-state index in [1.165, 1.54) is 4.90 Å². The second-order valence-electron chi connectivity index (χ2n) is 4.91. The van der Waals surface area contributed by atoms with Gasteiger partial charge in [-0.2, -0.15) is 0 Å². The molecule has 1 aromatic carbocycles. The third-order valence-electron chi connectivity index (χ3n) is 3.51. The molecule has 1 aliphatic rings. The lowest BCUT2D eigenvalue weighted by molar-refractivity contribution is 0.0339. The number of rotatable bonds is 4. The van der Waals surface area contributed by atoms with Crippen molar-refractivity contribution in [3.8, 4) is 0 Å². The van der Waals surface area contributed by atoms with E-state index in [1.54, 1.807) is 31.2 Å². The number of benzene rings is 1. The van der Waals surface area contributed by atoms with Gasteiger partial charge in [0, 0.05) is 6.54 Å². The first kappa shape index (κ1) is 12.8. The van der Waals surface area contributed by atoms with E-state index in [0.29, 0.717) is 24.0 Å². The predicted octanol–water partition coefficient (Wildman–Crippen LogP) is 1.83. The second kappa shape index (κ2) is 4.53. The highest BCUT2D eigenvalue weighted by atomic mass is 16.3. The first-order chi connectivity index (χ1) is 8.46. The molecule has 0 saturated heterocycles. The molecule has 1 aliphatic heterocycles. The topological polar surface area (TPSA) is 57.6 Å². The van der Waals surface area contributed by atoms with E-state index in [9.17, 15) is 14.7 Å². The molecule has 0 spiro atoms. The zero-order valence-corrected chi connectivity index (χ0v) is 10.6. The molecule has 0 aliphatic carbocycles. The monoisotopic (exact) mass is 247 g/mol. The van der Waals surface area contributed by atoms with Gasteiger partial charge in [-0.15, -0.1) is 0 Å². The molecule has 1 aromatic rings. The van der Waals surface area contributed by atoms with Crippen LogP contribution in [-0.4, -0.2) is 34.0 Å². The minimum Gasteiger partial charge on any atom is -0.390 e. The number of hydrogen-bond acceptors (Lipinski definition) is 3. The zero-order valence-electron chi connectivity index (χ0n) is 10.6. The van der Waals surface area contributed by atoms with E-state index in [2.05, 4.69) is 0 Å². The standard InChI is InChI=1S/C14H17NO3/c1-3-14(2,18)8-9-15-12(16)10-6-4-5-7-11(10)13(15)17/h4-7,18H,3,8-9H2,1-2H3. The van der Waals surface area contributed by atoms with Crippen LogP contribution in [0.1, 0.15) is 47.4 Å². The van der Waals surface area contributed by atoms with Crippen LogP contribution in [0, 0.1) is 0 Å². The summed E-state index contributed by atoms with van der Waals surface area (Å²) >= 11 is 0. The van der Waals surface area contributed by atoms with Gasteiger partial charge in [0.2, 0.25) is 0 Å². The summed E-state index contributed by atoms with van der Waals surface area (Å²) in [6.07, 6.45) is 0.991. The molecule has 1 N–H and O–H groups in total. The summed E-state index contributed by atoms with van der Waals surface area (Å²) < 4.78 is 0. The van der Waals surface area contributed by atoms with Gasteiger partial charge >= 0.3 is 0 Å². The Balaban J connectivity index is 2.14. The summed E-state index contributed by atoms with van der Waals surface area (Å²) in [7, 11) is 0. The third kappa shape index (κ3) is 2.16. The van der Waals surface area contributed by atoms with Crippen LogP contribution < -0.4 is 0 Å². The highest BCUT2D eigenvalue weighted by molar-refractivity contribution is 6.21. The fourth-order valence-corrected chi connectivity index (χ4v) is 1.97. The Bertz CT molecular complexity index is 459. The van der Waals surface area contributed by atoms with Gasteiger partial charge in [0.15, 0.2) is 0 Å². The number of hydrogen-bond donors (Lipinski definition) is 1. The molecule has 0 radical (unpaired) electrons. The first-order valence-corrected chi connectivity index (χ1v) is 6.14. The fourth-order valence-electron chi connectivity index (χ4n) is 1.97. The molecule has 0 aromatic heterocycles. The second-order valence-corrected chi connectivity index (χ2v) is 4.91. The van der Waals surface area contributed by atoms with E-state index in [4.69, 9.17) is 0 Å². The number of carbonyl (C=O) groups is 2. The molecule has 1 atom stereocenters. The Morgan fingerprint density at radius 2 is 1.67 bits per heavy atom. The fraction of sp³-hybridized carbons (Fsp3) is 0.429. The van der Waals surface area contributed by atoms with E-state index in [1.807, 2.05) is 6.92 Å². The molecular weight excluding hydrogens is 230 g/mol. The summed E-state index contributed by atoms with van der Waals surface area (Å²) in [5.74, 6) is -0.523. The quantitative estimate of drug-likeness (QED) is 0.826. The first-order valence-electron chi connectivity index (χ1n) is 6.14. The molecule has 1 heterocycles. The highest BCUT2D eigenvalue weighted by Gasteiger charge is 2.35. The summed E-state index contributed by atoms with van der Waals surface area (Å²) in [6, 6.07) is 6.81. The van der Waals surface area contributed by atoms with E-state index in [-0.39, 0.29) is 18.4 Å². The van der Waals surface area contributed by atoms with Crippen LogP contribution in [-0.2, 0) is 0 Å². The normalized spacial score (nSPS) is 17.8. The molecule has 2 amide bonds. The summed E-state index contributed by atoms with van der Waals surface area (Å²) in [5, 5.41) is 9.92. The van der Waals surface area contributed by atoms with Gasteiger partial charge in [-0.25, -0.2) is 0 Å². The van der Waals surface area contributed by atoms with Gasteiger partial charge in [0.05, 0.1) is 16.7 Å². The maximum atomic E-state index is 12.0. The number of fused-ring (bicyclic) bond motifs is 1. The van der Waals surface area contributed by atoms with Crippen molar-refractivity contribution in [2.45, 2.75) is 32.3 Å². The SMILES string of the molecule is CCC(C)(O)CCN1C(=O)c2ccccc2C1=O. The molecule has 0 fully saturated rings. The van der Waals surface area contributed by atoms with Crippen LogP contribution in [0.25, 0.3) is 0 Å². The van der Waals surface area contributed by atoms with Crippen LogP contribution >= 0.6 is 0 Å². The van der Waals surface area contributed by atoms with Crippen molar-refractivity contribution in [3.05, 3.63) is 35.4 Å². The molecule has 1 unspecified atom stereocenters. The Hall–Kier alpha value is -1.68. The van der Waals surface area contributed by atoms with Crippen LogP contribution in [0.2, 0.25) is 0 Å². The minimum absolute atomic E-state index is 0.257. The van der Waals surface area contributed by atoms with Gasteiger partial charge in [0.25, 0.3) is 11.8 Å². The Morgan fingerprint density at radius 3 is 2.11 bits per heavy atom. The van der Waals surface area contributed by atoms with Crippen LogP contribution in [0.5, 0.6) is 0 Å². The van der Waals surface area contributed by atoms with Crippen molar-refractivity contribution < 1.29 is 14.7 Å². The number of aliphatic hydroxyl groups is 1. The van der Waals surface area contributed by atoms with E-state index in [0.717, 1.165) is 0 Å². The zero-order chi connectivity index (χ0) is 13.3. The largest absolute Gasteiger partial charge is 0.390 e. The van der Waals surface area contributed by atoms with Crippen molar-refractivity contribution in [2.75, 3.05) is 6.54 Å². The summed E-state index contributed by atoms with van der Waals surface area (Å²) in [4.78, 5) is 25.3. The van der Waals surface area contributed by atoms with Crippen molar-refractivity contribution >= 4 is 11.8 Å². The lowest BCUT2D eigenvalue weighted by atomic mass is 9.99. The highest BCUT2D eigenvalue weighted by Crippen LogP contribution is 2.24. The van der Waals surface area contributed by atoms with Gasteiger partial charge in [-0.3, -0.25) is 14.5 Å². The molecule has 0 bridgehead atoms. The molecule has 4 nitrogen and oxygen atoms in total. The van der Waals surface area contributed by atoms with E-state index >= 15 is 0 Å². The summed E-state index contributed by atoms with van der Waals surface area (Å²) in [6.45, 7) is 3.85. The van der Waals surface area contributed by atoms with Gasteiger partial charge in [-0.1, -0.05) is 19.1 Å². The third-order valence-corrected chi connectivity index (χ3v) is 3.51. The van der Waals surface area contributed by atoms with Crippen molar-refractivity contribution in [2.24, 2.45) is 0 Å². The van der Waals surface area contributed by atoms with Crippen LogP contribution in [0.15, 0.2) is 24.3 Å². The predicted molar refractivity (Wildman–Crippen MR) is 67.3 cm³/mol. The number of amides is 2.